The van der Waals surface area contributed by atoms with Crippen LogP contribution in [0.4, 0.5) is 0 Å². The molecule has 2 nitrogen and oxygen atoms in total. The van der Waals surface area contributed by atoms with Crippen molar-refractivity contribution in [1.29, 1.82) is 5.41 Å². The third-order valence-electron chi connectivity index (χ3n) is 10.3. The van der Waals surface area contributed by atoms with Crippen molar-refractivity contribution in [2.45, 2.75) is 6.42 Å². The third kappa shape index (κ3) is 6.35. The van der Waals surface area contributed by atoms with Gasteiger partial charge in [-0.1, -0.05) is 170 Å². The summed E-state index contributed by atoms with van der Waals surface area (Å²) in [6, 6.07) is 70.4. The Morgan fingerprint density at radius 2 is 1.06 bits per heavy atom. The Kier molecular flexibility index (Phi) is 8.84. The van der Waals surface area contributed by atoms with Crippen molar-refractivity contribution in [2.75, 3.05) is 0 Å². The van der Waals surface area contributed by atoms with Crippen LogP contribution in [-0.2, 0) is 6.42 Å². The minimum Gasteiger partial charge on any atom is -0.456 e. The fourth-order valence-corrected chi connectivity index (χ4v) is 7.70. The monoisotopic (exact) mass is 691 g/mol. The minimum atomic E-state index is 0.814. The van der Waals surface area contributed by atoms with Crippen LogP contribution >= 0.6 is 0 Å². The summed E-state index contributed by atoms with van der Waals surface area (Å²) in [5.41, 5.74) is 12.6. The number of benzene rings is 9. The summed E-state index contributed by atoms with van der Waals surface area (Å²) < 4.78 is 6.06. The van der Waals surface area contributed by atoms with Crippen LogP contribution in [0.5, 0.6) is 0 Å². The first-order valence-electron chi connectivity index (χ1n) is 18.4. The molecule has 1 aromatic heterocycles. The van der Waals surface area contributed by atoms with Gasteiger partial charge in [-0.3, -0.25) is 0 Å². The van der Waals surface area contributed by atoms with Gasteiger partial charge in [0.2, 0.25) is 0 Å². The van der Waals surface area contributed by atoms with Crippen LogP contribution in [0.3, 0.4) is 0 Å². The van der Waals surface area contributed by atoms with Gasteiger partial charge in [0.25, 0.3) is 0 Å². The molecule has 0 amide bonds. The fourth-order valence-electron chi connectivity index (χ4n) is 7.70. The number of fused-ring (bicyclic) bond motifs is 6. The molecule has 1 heterocycles. The van der Waals surface area contributed by atoms with Crippen molar-refractivity contribution in [2.24, 2.45) is 0 Å². The Morgan fingerprint density at radius 3 is 1.89 bits per heavy atom. The summed E-state index contributed by atoms with van der Waals surface area (Å²) >= 11 is 0. The zero-order chi connectivity index (χ0) is 36.3. The predicted octanol–water partition coefficient (Wildman–Crippen LogP) is 14.2. The van der Waals surface area contributed by atoms with Gasteiger partial charge < -0.3 is 9.83 Å². The first kappa shape index (κ1) is 32.8. The first-order chi connectivity index (χ1) is 26.7. The lowest BCUT2D eigenvalue weighted by atomic mass is 9.91. The van der Waals surface area contributed by atoms with Crippen LogP contribution in [0.25, 0.3) is 76.9 Å². The molecule has 54 heavy (non-hydrogen) atoms. The maximum atomic E-state index is 7.84. The van der Waals surface area contributed by atoms with Crippen molar-refractivity contribution in [3.8, 4) is 33.4 Å². The van der Waals surface area contributed by atoms with Crippen LogP contribution in [0.1, 0.15) is 16.7 Å². The van der Waals surface area contributed by atoms with E-state index >= 15 is 0 Å². The van der Waals surface area contributed by atoms with Gasteiger partial charge in [-0.2, -0.15) is 0 Å². The highest BCUT2D eigenvalue weighted by Crippen LogP contribution is 2.38. The van der Waals surface area contributed by atoms with E-state index in [4.69, 9.17) is 9.83 Å². The second-order valence-electron chi connectivity index (χ2n) is 13.6. The van der Waals surface area contributed by atoms with Gasteiger partial charge in [0.1, 0.15) is 11.2 Å². The smallest absolute Gasteiger partial charge is 0.136 e. The molecule has 0 saturated heterocycles. The van der Waals surface area contributed by atoms with Gasteiger partial charge in [0.15, 0.2) is 0 Å². The molecule has 0 aliphatic carbocycles. The molecule has 2 heteroatoms. The van der Waals surface area contributed by atoms with E-state index in [9.17, 15) is 0 Å². The fraction of sp³-hybridized carbons (Fsp3) is 0.0192. The largest absolute Gasteiger partial charge is 0.456 e. The Hall–Kier alpha value is -7.03. The number of hydrogen-bond donors (Lipinski definition) is 1. The molecule has 0 fully saturated rings. The molecule has 0 radical (unpaired) electrons. The van der Waals surface area contributed by atoms with Crippen LogP contribution < -0.4 is 0 Å². The summed E-state index contributed by atoms with van der Waals surface area (Å²) in [6.45, 7) is 0. The molecule has 0 unspecified atom stereocenters. The molecule has 0 saturated carbocycles. The lowest BCUT2D eigenvalue weighted by Gasteiger charge is -2.12. The van der Waals surface area contributed by atoms with Gasteiger partial charge >= 0.3 is 0 Å². The van der Waals surface area contributed by atoms with E-state index in [1.807, 2.05) is 24.3 Å². The molecule has 256 valence electrons. The zero-order valence-corrected chi connectivity index (χ0v) is 29.7. The average Bonchev–Trinajstić information content (AvgIpc) is 3.63. The standard InChI is InChI=1S/C33H21NO.C19H16/c34-20-25-10-6-14-32-33(25)30-18-22(15-16-31(30)35-32)21-8-5-9-23(17-21)29-19-24-7-1-2-11-26(24)27-12-3-4-13-28(27)29;1-3-9-16(10-4-1)15-18-13-7-8-14-19(18)17-11-5-2-6-12-17/h1-20,34H;1-14H,15H2. The summed E-state index contributed by atoms with van der Waals surface area (Å²) in [7, 11) is 0. The highest BCUT2D eigenvalue weighted by Gasteiger charge is 2.13. The van der Waals surface area contributed by atoms with Gasteiger partial charge in [-0.15, -0.1) is 0 Å². The molecule has 9 aromatic carbocycles. The number of furan rings is 1. The highest BCUT2D eigenvalue weighted by molar-refractivity contribution is 6.15. The molecule has 1 N–H and O–H groups in total. The van der Waals surface area contributed by atoms with Crippen LogP contribution in [0, 0.1) is 5.41 Å². The average molecular weight is 692 g/mol. The number of nitrogens with one attached hydrogen (secondary N) is 1. The molecule has 0 aliphatic heterocycles. The summed E-state index contributed by atoms with van der Waals surface area (Å²) in [5.74, 6) is 0. The molecule has 0 spiro atoms. The Balaban J connectivity index is 0.000000171. The van der Waals surface area contributed by atoms with E-state index in [-0.39, 0.29) is 0 Å². The SMILES string of the molecule is N=Cc1cccc2oc3ccc(-c4cccc(-c5cc6ccccc6c6ccccc56)c4)cc3c12.c1ccc(Cc2ccccc2-c2ccccc2)cc1. The van der Waals surface area contributed by atoms with E-state index in [0.717, 1.165) is 45.0 Å². The Labute approximate surface area is 315 Å². The van der Waals surface area contributed by atoms with Crippen LogP contribution in [0.2, 0.25) is 0 Å². The van der Waals surface area contributed by atoms with Crippen molar-refractivity contribution in [3.63, 3.8) is 0 Å². The first-order valence-corrected chi connectivity index (χ1v) is 18.4. The van der Waals surface area contributed by atoms with Gasteiger partial charge in [0.05, 0.1) is 0 Å². The van der Waals surface area contributed by atoms with Gasteiger partial charge in [-0.05, 0) is 103 Å². The zero-order valence-electron chi connectivity index (χ0n) is 29.7. The molecule has 10 aromatic rings. The number of rotatable bonds is 6. The quantitative estimate of drug-likeness (QED) is 0.137. The lowest BCUT2D eigenvalue weighted by Crippen LogP contribution is -1.91. The van der Waals surface area contributed by atoms with Crippen molar-refractivity contribution in [3.05, 3.63) is 217 Å². The van der Waals surface area contributed by atoms with E-state index in [1.165, 1.54) is 61.1 Å². The van der Waals surface area contributed by atoms with Crippen LogP contribution in [-0.4, -0.2) is 6.21 Å². The van der Waals surface area contributed by atoms with Crippen molar-refractivity contribution < 1.29 is 4.42 Å². The lowest BCUT2D eigenvalue weighted by molar-refractivity contribution is 0.669. The van der Waals surface area contributed by atoms with E-state index in [0.29, 0.717) is 0 Å². The predicted molar refractivity (Wildman–Crippen MR) is 229 cm³/mol. The maximum absolute atomic E-state index is 7.84. The second-order valence-corrected chi connectivity index (χ2v) is 13.6. The molecular formula is C52H37NO. The molecule has 0 bridgehead atoms. The van der Waals surface area contributed by atoms with Gasteiger partial charge in [-0.25, -0.2) is 0 Å². The van der Waals surface area contributed by atoms with Gasteiger partial charge in [0, 0.05) is 22.6 Å². The summed E-state index contributed by atoms with van der Waals surface area (Å²) in [4.78, 5) is 0. The normalized spacial score (nSPS) is 11.1. The second kappa shape index (κ2) is 14.5. The molecule has 10 rings (SSSR count). The van der Waals surface area contributed by atoms with Crippen molar-refractivity contribution in [1.82, 2.24) is 0 Å². The molecule has 0 aliphatic rings. The summed E-state index contributed by atoms with van der Waals surface area (Å²) in [5, 5.41) is 14.9. The van der Waals surface area contributed by atoms with E-state index in [1.54, 1.807) is 0 Å². The van der Waals surface area contributed by atoms with E-state index < -0.39 is 0 Å². The third-order valence-corrected chi connectivity index (χ3v) is 10.3. The maximum Gasteiger partial charge on any atom is 0.136 e. The molecular weight excluding hydrogens is 655 g/mol. The Morgan fingerprint density at radius 1 is 0.407 bits per heavy atom. The van der Waals surface area contributed by atoms with Crippen molar-refractivity contribution >= 4 is 49.7 Å². The molecule has 0 atom stereocenters. The topological polar surface area (TPSA) is 37.0 Å². The van der Waals surface area contributed by atoms with Crippen LogP contribution in [0.15, 0.2) is 205 Å². The highest BCUT2D eigenvalue weighted by atomic mass is 16.3. The minimum absolute atomic E-state index is 0.814. The van der Waals surface area contributed by atoms with E-state index in [2.05, 4.69) is 176 Å². The Bertz CT molecular complexity index is 2920. The number of hydrogen-bond acceptors (Lipinski definition) is 2. The summed E-state index contributed by atoms with van der Waals surface area (Å²) in [6.07, 6.45) is 2.38.